The minimum atomic E-state index is 0.356. The van der Waals surface area contributed by atoms with Crippen LogP contribution >= 0.6 is 0 Å². The molecule has 0 aliphatic heterocycles. The van der Waals surface area contributed by atoms with Crippen LogP contribution in [-0.2, 0) is 0 Å². The Bertz CT molecular complexity index is 135. The van der Waals surface area contributed by atoms with Gasteiger partial charge in [-0.3, -0.25) is 0 Å². The Balaban J connectivity index is 4.45. The van der Waals surface area contributed by atoms with E-state index >= 15 is 0 Å². The molecule has 0 aromatic carbocycles. The monoisotopic (exact) mass is 154 g/mol. The van der Waals surface area contributed by atoms with Gasteiger partial charge in [-0.15, -0.1) is 0 Å². The summed E-state index contributed by atoms with van der Waals surface area (Å²) in [5, 5.41) is 0. The highest BCUT2D eigenvalue weighted by Crippen LogP contribution is 2.38. The maximum Gasteiger partial charge on any atom is -0.00989 e. The van der Waals surface area contributed by atoms with Gasteiger partial charge in [0.05, 0.1) is 0 Å². The molecule has 0 saturated heterocycles. The molecule has 0 rings (SSSR count). The van der Waals surface area contributed by atoms with E-state index in [1.807, 2.05) is 0 Å². The fourth-order valence-electron chi connectivity index (χ4n) is 1.52. The van der Waals surface area contributed by atoms with Crippen LogP contribution in [0.1, 0.15) is 47.5 Å². The molecule has 0 heteroatoms. The van der Waals surface area contributed by atoms with Gasteiger partial charge in [0.2, 0.25) is 0 Å². The summed E-state index contributed by atoms with van der Waals surface area (Å²) in [4.78, 5) is 0. The first-order chi connectivity index (χ1) is 4.99. The van der Waals surface area contributed by atoms with Gasteiger partial charge in [0.15, 0.2) is 0 Å². The normalized spacial score (nSPS) is 19.0. The standard InChI is InChI=1S/C11H22/c1-7-10(5)11(6,8-2)9(3)4/h10H,3,7-8H2,1-2,4-6H3. The van der Waals surface area contributed by atoms with Crippen LogP contribution in [0.3, 0.4) is 0 Å². The van der Waals surface area contributed by atoms with Gasteiger partial charge >= 0.3 is 0 Å². The van der Waals surface area contributed by atoms with E-state index in [1.54, 1.807) is 0 Å². The first-order valence-electron chi connectivity index (χ1n) is 4.65. The van der Waals surface area contributed by atoms with E-state index in [0.717, 1.165) is 5.92 Å². The molecule has 0 amide bonds. The Labute approximate surface area is 71.7 Å². The van der Waals surface area contributed by atoms with E-state index in [9.17, 15) is 0 Å². The Morgan fingerprint density at radius 2 is 1.91 bits per heavy atom. The summed E-state index contributed by atoms with van der Waals surface area (Å²) >= 11 is 0. The van der Waals surface area contributed by atoms with Crippen molar-refractivity contribution in [3.63, 3.8) is 0 Å². The van der Waals surface area contributed by atoms with Crippen molar-refractivity contribution in [2.24, 2.45) is 11.3 Å². The molecule has 2 atom stereocenters. The predicted octanol–water partition coefficient (Wildman–Crippen LogP) is 4.02. The molecule has 0 nitrogen and oxygen atoms in total. The lowest BCUT2D eigenvalue weighted by molar-refractivity contribution is 0.240. The van der Waals surface area contributed by atoms with Crippen molar-refractivity contribution in [3.05, 3.63) is 12.2 Å². The largest absolute Gasteiger partial charge is 0.0996 e. The lowest BCUT2D eigenvalue weighted by Gasteiger charge is -2.35. The van der Waals surface area contributed by atoms with Crippen molar-refractivity contribution in [1.82, 2.24) is 0 Å². The maximum atomic E-state index is 4.07. The zero-order chi connectivity index (χ0) is 9.07. The molecular weight excluding hydrogens is 132 g/mol. The Morgan fingerprint density at radius 1 is 1.45 bits per heavy atom. The van der Waals surface area contributed by atoms with Gasteiger partial charge in [0.1, 0.15) is 0 Å². The summed E-state index contributed by atoms with van der Waals surface area (Å²) in [7, 11) is 0. The molecule has 66 valence electrons. The fraction of sp³-hybridized carbons (Fsp3) is 0.818. The molecular formula is C11H22. The number of rotatable bonds is 4. The molecule has 0 bridgehead atoms. The smallest absolute Gasteiger partial charge is 0.00989 e. The van der Waals surface area contributed by atoms with Crippen LogP contribution in [0.15, 0.2) is 12.2 Å². The van der Waals surface area contributed by atoms with E-state index in [4.69, 9.17) is 0 Å². The van der Waals surface area contributed by atoms with Gasteiger partial charge in [0, 0.05) is 0 Å². The van der Waals surface area contributed by atoms with Crippen molar-refractivity contribution in [1.29, 1.82) is 0 Å². The zero-order valence-corrected chi connectivity index (χ0v) is 8.70. The molecule has 0 saturated carbocycles. The van der Waals surface area contributed by atoms with Crippen molar-refractivity contribution < 1.29 is 0 Å². The molecule has 0 heterocycles. The lowest BCUT2D eigenvalue weighted by Crippen LogP contribution is -2.24. The van der Waals surface area contributed by atoms with Gasteiger partial charge in [-0.05, 0) is 24.7 Å². The zero-order valence-electron chi connectivity index (χ0n) is 8.70. The average Bonchev–Trinajstić information content (AvgIpc) is 2.01. The van der Waals surface area contributed by atoms with E-state index in [-0.39, 0.29) is 0 Å². The lowest BCUT2D eigenvalue weighted by atomic mass is 9.70. The van der Waals surface area contributed by atoms with E-state index in [2.05, 4.69) is 41.2 Å². The summed E-state index contributed by atoms with van der Waals surface area (Å²) in [6.45, 7) is 15.4. The topological polar surface area (TPSA) is 0 Å². The summed E-state index contributed by atoms with van der Waals surface area (Å²) < 4.78 is 0. The Kier molecular flexibility index (Phi) is 3.85. The third kappa shape index (κ3) is 2.08. The van der Waals surface area contributed by atoms with Crippen LogP contribution in [0.2, 0.25) is 0 Å². The second kappa shape index (κ2) is 3.94. The highest BCUT2D eigenvalue weighted by Gasteiger charge is 2.28. The predicted molar refractivity (Wildman–Crippen MR) is 52.7 cm³/mol. The van der Waals surface area contributed by atoms with E-state index < -0.39 is 0 Å². The maximum absolute atomic E-state index is 4.07. The summed E-state index contributed by atoms with van der Waals surface area (Å²) in [6, 6.07) is 0. The second-order valence-electron chi connectivity index (χ2n) is 3.86. The summed E-state index contributed by atoms with van der Waals surface area (Å²) in [6.07, 6.45) is 2.45. The van der Waals surface area contributed by atoms with Crippen molar-refractivity contribution in [2.75, 3.05) is 0 Å². The van der Waals surface area contributed by atoms with Crippen LogP contribution in [0.4, 0.5) is 0 Å². The number of allylic oxidation sites excluding steroid dienone is 1. The van der Waals surface area contributed by atoms with Crippen LogP contribution in [0.25, 0.3) is 0 Å². The minimum absolute atomic E-state index is 0.356. The number of hydrogen-bond donors (Lipinski definition) is 0. The van der Waals surface area contributed by atoms with Crippen LogP contribution in [-0.4, -0.2) is 0 Å². The quantitative estimate of drug-likeness (QED) is 0.536. The summed E-state index contributed by atoms with van der Waals surface area (Å²) in [5.74, 6) is 0.755. The van der Waals surface area contributed by atoms with E-state index in [1.165, 1.54) is 18.4 Å². The molecule has 0 radical (unpaired) electrons. The van der Waals surface area contributed by atoms with Gasteiger partial charge in [-0.1, -0.05) is 46.3 Å². The highest BCUT2D eigenvalue weighted by molar-refractivity contribution is 5.06. The van der Waals surface area contributed by atoms with Crippen molar-refractivity contribution >= 4 is 0 Å². The van der Waals surface area contributed by atoms with Gasteiger partial charge < -0.3 is 0 Å². The van der Waals surface area contributed by atoms with E-state index in [0.29, 0.717) is 5.41 Å². The van der Waals surface area contributed by atoms with Crippen molar-refractivity contribution in [3.8, 4) is 0 Å². The summed E-state index contributed by atoms with van der Waals surface area (Å²) in [5.41, 5.74) is 1.68. The molecule has 0 fully saturated rings. The third-order valence-electron chi connectivity index (χ3n) is 3.41. The van der Waals surface area contributed by atoms with Gasteiger partial charge in [0.25, 0.3) is 0 Å². The Hall–Kier alpha value is -0.260. The van der Waals surface area contributed by atoms with Gasteiger partial charge in [-0.25, -0.2) is 0 Å². The minimum Gasteiger partial charge on any atom is -0.0996 e. The highest BCUT2D eigenvalue weighted by atomic mass is 14.3. The molecule has 0 aliphatic carbocycles. The average molecular weight is 154 g/mol. The van der Waals surface area contributed by atoms with Crippen LogP contribution in [0, 0.1) is 11.3 Å². The van der Waals surface area contributed by atoms with Crippen molar-refractivity contribution in [2.45, 2.75) is 47.5 Å². The molecule has 2 unspecified atom stereocenters. The molecule has 0 spiro atoms. The Morgan fingerprint density at radius 3 is 2.00 bits per heavy atom. The first-order valence-corrected chi connectivity index (χ1v) is 4.65. The van der Waals surface area contributed by atoms with Crippen LogP contribution < -0.4 is 0 Å². The molecule has 0 aromatic rings. The third-order valence-corrected chi connectivity index (χ3v) is 3.41. The number of hydrogen-bond acceptors (Lipinski definition) is 0. The molecule has 0 aliphatic rings. The molecule has 11 heavy (non-hydrogen) atoms. The van der Waals surface area contributed by atoms with Crippen LogP contribution in [0.5, 0.6) is 0 Å². The first kappa shape index (κ1) is 10.7. The second-order valence-corrected chi connectivity index (χ2v) is 3.86. The molecule has 0 aromatic heterocycles. The van der Waals surface area contributed by atoms with Gasteiger partial charge in [-0.2, -0.15) is 0 Å². The molecule has 0 N–H and O–H groups in total. The SMILES string of the molecule is C=C(C)C(C)(CC)C(C)CC. The fourth-order valence-corrected chi connectivity index (χ4v) is 1.52.